The SMILES string of the molecule is CCCn1c(CC(NCC)C2CC2C)nc2ccccc21. The second kappa shape index (κ2) is 6.18. The molecule has 3 rings (SSSR count). The van der Waals surface area contributed by atoms with Crippen molar-refractivity contribution in [1.82, 2.24) is 14.9 Å². The van der Waals surface area contributed by atoms with Gasteiger partial charge in [-0.1, -0.05) is 32.9 Å². The molecule has 114 valence electrons. The minimum atomic E-state index is 0.581. The Hall–Kier alpha value is -1.35. The highest BCUT2D eigenvalue weighted by Gasteiger charge is 2.39. The first kappa shape index (κ1) is 14.6. The quantitative estimate of drug-likeness (QED) is 0.842. The third-order valence-corrected chi connectivity index (χ3v) is 4.74. The maximum atomic E-state index is 4.91. The molecular weight excluding hydrogens is 258 g/mol. The van der Waals surface area contributed by atoms with E-state index in [1.165, 1.54) is 17.8 Å². The molecule has 1 saturated carbocycles. The number of benzene rings is 1. The van der Waals surface area contributed by atoms with E-state index >= 15 is 0 Å². The van der Waals surface area contributed by atoms with E-state index < -0.39 is 0 Å². The van der Waals surface area contributed by atoms with Gasteiger partial charge in [0.05, 0.1) is 11.0 Å². The molecule has 3 heteroatoms. The fraction of sp³-hybridized carbons (Fsp3) is 0.611. The Labute approximate surface area is 127 Å². The number of likely N-dealkylation sites (N-methyl/N-ethyl adjacent to an activating group) is 1. The van der Waals surface area contributed by atoms with E-state index in [4.69, 9.17) is 4.98 Å². The van der Waals surface area contributed by atoms with Crippen molar-refractivity contribution in [3.8, 4) is 0 Å². The van der Waals surface area contributed by atoms with Crippen LogP contribution in [0.1, 0.15) is 39.4 Å². The number of nitrogens with one attached hydrogen (secondary N) is 1. The summed E-state index contributed by atoms with van der Waals surface area (Å²) >= 11 is 0. The smallest absolute Gasteiger partial charge is 0.111 e. The Morgan fingerprint density at radius 3 is 2.76 bits per heavy atom. The third kappa shape index (κ3) is 2.98. The van der Waals surface area contributed by atoms with Crippen LogP contribution in [0.3, 0.4) is 0 Å². The van der Waals surface area contributed by atoms with Crippen molar-refractivity contribution in [2.75, 3.05) is 6.54 Å². The first-order valence-electron chi connectivity index (χ1n) is 8.42. The first-order valence-corrected chi connectivity index (χ1v) is 8.42. The molecule has 3 unspecified atom stereocenters. The van der Waals surface area contributed by atoms with Gasteiger partial charge in [0.15, 0.2) is 0 Å². The second-order valence-electron chi connectivity index (χ2n) is 6.41. The maximum absolute atomic E-state index is 4.91. The summed E-state index contributed by atoms with van der Waals surface area (Å²) in [6.07, 6.45) is 3.57. The van der Waals surface area contributed by atoms with Crippen LogP contribution in [0.4, 0.5) is 0 Å². The maximum Gasteiger partial charge on any atom is 0.111 e. The molecule has 1 aromatic carbocycles. The van der Waals surface area contributed by atoms with E-state index in [9.17, 15) is 0 Å². The topological polar surface area (TPSA) is 29.9 Å². The highest BCUT2D eigenvalue weighted by molar-refractivity contribution is 5.75. The average molecular weight is 285 g/mol. The van der Waals surface area contributed by atoms with Crippen LogP contribution in [0, 0.1) is 11.8 Å². The van der Waals surface area contributed by atoms with Gasteiger partial charge in [0.1, 0.15) is 5.82 Å². The third-order valence-electron chi connectivity index (χ3n) is 4.74. The molecule has 0 spiro atoms. The lowest BCUT2D eigenvalue weighted by molar-refractivity contribution is 0.439. The van der Waals surface area contributed by atoms with E-state index in [2.05, 4.69) is 54.9 Å². The predicted molar refractivity (Wildman–Crippen MR) is 88.5 cm³/mol. The van der Waals surface area contributed by atoms with Gasteiger partial charge < -0.3 is 9.88 Å². The minimum absolute atomic E-state index is 0.581. The molecule has 0 aliphatic heterocycles. The fourth-order valence-electron chi connectivity index (χ4n) is 3.50. The standard InChI is InChI=1S/C18H27N3/c1-4-10-21-17-9-7-6-8-15(17)20-18(21)12-16(19-5-2)14-11-13(14)3/h6-9,13-14,16,19H,4-5,10-12H2,1-3H3. The van der Waals surface area contributed by atoms with Crippen molar-refractivity contribution in [3.63, 3.8) is 0 Å². The summed E-state index contributed by atoms with van der Waals surface area (Å²) in [6, 6.07) is 9.11. The Morgan fingerprint density at radius 1 is 1.33 bits per heavy atom. The number of nitrogens with zero attached hydrogens (tertiary/aromatic N) is 2. The summed E-state index contributed by atoms with van der Waals surface area (Å²) in [7, 11) is 0. The van der Waals surface area contributed by atoms with Gasteiger partial charge in [-0.15, -0.1) is 0 Å². The summed E-state index contributed by atoms with van der Waals surface area (Å²) in [5.41, 5.74) is 2.42. The number of hydrogen-bond donors (Lipinski definition) is 1. The van der Waals surface area contributed by atoms with Crippen LogP contribution < -0.4 is 5.32 Å². The molecule has 3 atom stereocenters. The van der Waals surface area contributed by atoms with Gasteiger partial charge >= 0.3 is 0 Å². The van der Waals surface area contributed by atoms with Crippen molar-refractivity contribution in [2.45, 2.75) is 52.6 Å². The van der Waals surface area contributed by atoms with E-state index in [1.54, 1.807) is 0 Å². The number of rotatable bonds is 7. The van der Waals surface area contributed by atoms with Crippen molar-refractivity contribution in [1.29, 1.82) is 0 Å². The summed E-state index contributed by atoms with van der Waals surface area (Å²) in [4.78, 5) is 4.91. The van der Waals surface area contributed by atoms with Crippen molar-refractivity contribution >= 4 is 11.0 Å². The number of hydrogen-bond acceptors (Lipinski definition) is 2. The summed E-state index contributed by atoms with van der Waals surface area (Å²) in [5.74, 6) is 2.96. The molecule has 1 aromatic heterocycles. The largest absolute Gasteiger partial charge is 0.328 e. The van der Waals surface area contributed by atoms with E-state index in [-0.39, 0.29) is 0 Å². The molecule has 21 heavy (non-hydrogen) atoms. The normalized spacial score (nSPS) is 22.6. The number of aromatic nitrogens is 2. The minimum Gasteiger partial charge on any atom is -0.328 e. The van der Waals surface area contributed by atoms with E-state index in [1.807, 2.05) is 0 Å². The first-order chi connectivity index (χ1) is 10.2. The molecule has 0 amide bonds. The Kier molecular flexibility index (Phi) is 4.29. The molecule has 1 aliphatic carbocycles. The van der Waals surface area contributed by atoms with E-state index in [0.29, 0.717) is 6.04 Å². The fourth-order valence-corrected chi connectivity index (χ4v) is 3.50. The molecule has 1 heterocycles. The highest BCUT2D eigenvalue weighted by Crippen LogP contribution is 2.41. The molecule has 2 aromatic rings. The van der Waals surface area contributed by atoms with Crippen molar-refractivity contribution in [2.24, 2.45) is 11.8 Å². The number of imidazole rings is 1. The van der Waals surface area contributed by atoms with Gasteiger partial charge in [-0.3, -0.25) is 0 Å². The molecule has 1 N–H and O–H groups in total. The van der Waals surface area contributed by atoms with E-state index in [0.717, 1.165) is 43.3 Å². The second-order valence-corrected chi connectivity index (χ2v) is 6.41. The Bertz CT molecular complexity index is 602. The molecule has 1 fully saturated rings. The number of para-hydroxylation sites is 2. The summed E-state index contributed by atoms with van der Waals surface area (Å²) in [5, 5.41) is 3.68. The van der Waals surface area contributed by atoms with Crippen molar-refractivity contribution in [3.05, 3.63) is 30.1 Å². The molecule has 1 aliphatic rings. The lowest BCUT2D eigenvalue weighted by Crippen LogP contribution is -2.34. The molecule has 0 radical (unpaired) electrons. The molecule has 0 bridgehead atoms. The average Bonchev–Trinajstić information content (AvgIpc) is 3.11. The van der Waals surface area contributed by atoms with Crippen molar-refractivity contribution < 1.29 is 0 Å². The summed E-state index contributed by atoms with van der Waals surface area (Å²) < 4.78 is 2.42. The lowest BCUT2D eigenvalue weighted by atomic mass is 10.1. The van der Waals surface area contributed by atoms with Crippen LogP contribution in [0.25, 0.3) is 11.0 Å². The van der Waals surface area contributed by atoms with Crippen LogP contribution in [-0.4, -0.2) is 22.1 Å². The monoisotopic (exact) mass is 285 g/mol. The van der Waals surface area contributed by atoms with Gasteiger partial charge in [-0.2, -0.15) is 0 Å². The number of aryl methyl sites for hydroxylation is 1. The Balaban J connectivity index is 1.89. The molecule has 3 nitrogen and oxygen atoms in total. The van der Waals surface area contributed by atoms with Gasteiger partial charge in [0.25, 0.3) is 0 Å². The van der Waals surface area contributed by atoms with Gasteiger partial charge in [0.2, 0.25) is 0 Å². The van der Waals surface area contributed by atoms with Crippen LogP contribution in [0.2, 0.25) is 0 Å². The molecular formula is C18H27N3. The van der Waals surface area contributed by atoms with Crippen LogP contribution in [0.15, 0.2) is 24.3 Å². The van der Waals surface area contributed by atoms with Gasteiger partial charge in [0, 0.05) is 19.0 Å². The zero-order valence-corrected chi connectivity index (χ0v) is 13.5. The number of fused-ring (bicyclic) bond motifs is 1. The zero-order valence-electron chi connectivity index (χ0n) is 13.5. The van der Waals surface area contributed by atoms with Crippen LogP contribution >= 0.6 is 0 Å². The van der Waals surface area contributed by atoms with Gasteiger partial charge in [-0.05, 0) is 43.4 Å². The van der Waals surface area contributed by atoms with Crippen LogP contribution in [0.5, 0.6) is 0 Å². The predicted octanol–water partition coefficient (Wildman–Crippen LogP) is 3.62. The summed E-state index contributed by atoms with van der Waals surface area (Å²) in [6.45, 7) is 8.92. The van der Waals surface area contributed by atoms with Crippen LogP contribution in [-0.2, 0) is 13.0 Å². The lowest BCUT2D eigenvalue weighted by Gasteiger charge is -2.18. The molecule has 0 saturated heterocycles. The zero-order chi connectivity index (χ0) is 14.8. The van der Waals surface area contributed by atoms with Gasteiger partial charge in [-0.25, -0.2) is 4.98 Å². The Morgan fingerprint density at radius 2 is 2.10 bits per heavy atom. The highest BCUT2D eigenvalue weighted by atomic mass is 15.1.